The predicted octanol–water partition coefficient (Wildman–Crippen LogP) is 3.70. The summed E-state index contributed by atoms with van der Waals surface area (Å²) in [5.41, 5.74) is -1.22. The lowest BCUT2D eigenvalue weighted by Crippen LogP contribution is -2.52. The molecule has 32 heavy (non-hydrogen) atoms. The first-order valence-corrected chi connectivity index (χ1v) is 13.5. The Labute approximate surface area is 192 Å². The molecule has 1 heterocycles. The molecule has 4 atom stereocenters. The Morgan fingerprint density at radius 1 is 1.09 bits per heavy atom. The third-order valence-electron chi connectivity index (χ3n) is 8.45. The molecule has 2 saturated carbocycles. The quantitative estimate of drug-likeness (QED) is 0.675. The third kappa shape index (κ3) is 4.48. The van der Waals surface area contributed by atoms with Gasteiger partial charge in [0.2, 0.25) is 15.9 Å². The van der Waals surface area contributed by atoms with Gasteiger partial charge in [-0.25, -0.2) is 13.1 Å². The summed E-state index contributed by atoms with van der Waals surface area (Å²) < 4.78 is 29.6. The lowest BCUT2D eigenvalue weighted by Gasteiger charge is -2.51. The minimum absolute atomic E-state index is 0.134. The first-order chi connectivity index (χ1) is 15.0. The van der Waals surface area contributed by atoms with Crippen molar-refractivity contribution in [3.63, 3.8) is 0 Å². The minimum atomic E-state index is -3.67. The average Bonchev–Trinajstić information content (AvgIpc) is 3.33. The molecule has 0 radical (unpaired) electrons. The van der Waals surface area contributed by atoms with E-state index in [4.69, 9.17) is 0 Å². The molecule has 0 spiro atoms. The number of sulfonamides is 1. The van der Waals surface area contributed by atoms with Crippen LogP contribution in [0.25, 0.3) is 0 Å². The number of fused-ring (bicyclic) bond motifs is 1. The summed E-state index contributed by atoms with van der Waals surface area (Å²) in [4.78, 5) is 15.1. The predicted molar refractivity (Wildman–Crippen MR) is 124 cm³/mol. The molecule has 178 valence electrons. The van der Waals surface area contributed by atoms with Crippen LogP contribution in [-0.2, 0) is 14.8 Å². The van der Waals surface area contributed by atoms with Crippen molar-refractivity contribution in [1.82, 2.24) is 9.62 Å². The second-order valence-electron chi connectivity index (χ2n) is 11.3. The van der Waals surface area contributed by atoms with E-state index in [2.05, 4.69) is 18.6 Å². The van der Waals surface area contributed by atoms with Gasteiger partial charge in [0.1, 0.15) is 0 Å². The van der Waals surface area contributed by atoms with Crippen LogP contribution in [-0.4, -0.2) is 49.1 Å². The van der Waals surface area contributed by atoms with Gasteiger partial charge in [-0.3, -0.25) is 4.79 Å². The molecule has 6 nitrogen and oxygen atoms in total. The number of aliphatic hydroxyl groups is 1. The maximum atomic E-state index is 13.3. The third-order valence-corrected chi connectivity index (χ3v) is 9.94. The van der Waals surface area contributed by atoms with Gasteiger partial charge in [0.25, 0.3) is 0 Å². The summed E-state index contributed by atoms with van der Waals surface area (Å²) in [6, 6.07) is 8.26. The molecule has 1 saturated heterocycles. The first-order valence-electron chi connectivity index (χ1n) is 12.0. The highest BCUT2D eigenvalue weighted by Gasteiger charge is 2.62. The van der Waals surface area contributed by atoms with E-state index in [1.807, 2.05) is 17.9 Å². The highest BCUT2D eigenvalue weighted by Crippen LogP contribution is 2.64. The zero-order valence-electron chi connectivity index (χ0n) is 19.6. The van der Waals surface area contributed by atoms with Crippen LogP contribution in [0.1, 0.15) is 72.1 Å². The van der Waals surface area contributed by atoms with Crippen molar-refractivity contribution in [1.29, 1.82) is 0 Å². The summed E-state index contributed by atoms with van der Waals surface area (Å²) in [5.74, 6) is 0.330. The van der Waals surface area contributed by atoms with E-state index in [1.54, 1.807) is 24.3 Å². The van der Waals surface area contributed by atoms with Crippen molar-refractivity contribution in [2.24, 2.45) is 16.7 Å². The Kier molecular flexibility index (Phi) is 6.23. The van der Waals surface area contributed by atoms with Crippen molar-refractivity contribution in [3.05, 3.63) is 30.3 Å². The Hall–Kier alpha value is -1.44. The topological polar surface area (TPSA) is 86.7 Å². The number of hydrogen-bond acceptors (Lipinski definition) is 4. The average molecular weight is 463 g/mol. The molecule has 1 aliphatic heterocycles. The van der Waals surface area contributed by atoms with Crippen molar-refractivity contribution in [2.75, 3.05) is 13.1 Å². The summed E-state index contributed by atoms with van der Waals surface area (Å²) in [6.45, 7) is 7.93. The number of carbonyl (C=O) groups is 1. The molecule has 7 heteroatoms. The van der Waals surface area contributed by atoms with Gasteiger partial charge < -0.3 is 10.0 Å². The molecule has 4 rings (SSSR count). The summed E-state index contributed by atoms with van der Waals surface area (Å²) in [5, 5.41) is 10.9. The molecule has 1 aromatic carbocycles. The molecule has 3 fully saturated rings. The van der Waals surface area contributed by atoms with E-state index >= 15 is 0 Å². The molecule has 3 aliphatic rings. The molecule has 0 unspecified atom stereocenters. The number of nitrogens with zero attached hydrogens (tertiary/aromatic N) is 1. The van der Waals surface area contributed by atoms with Crippen LogP contribution in [0.2, 0.25) is 0 Å². The van der Waals surface area contributed by atoms with Crippen LogP contribution in [0.3, 0.4) is 0 Å². The first kappa shape index (κ1) is 23.7. The van der Waals surface area contributed by atoms with Gasteiger partial charge in [0.05, 0.1) is 10.5 Å². The lowest BCUT2D eigenvalue weighted by atomic mass is 9.57. The lowest BCUT2D eigenvalue weighted by molar-refractivity contribution is -0.132. The monoisotopic (exact) mass is 462 g/mol. The van der Waals surface area contributed by atoms with Gasteiger partial charge in [-0.2, -0.15) is 0 Å². The van der Waals surface area contributed by atoms with Crippen LogP contribution in [0.5, 0.6) is 0 Å². The SMILES string of the molecule is CC1(C)C[C@H](NS(=O)(=O)c2ccccc2)[C@]2(CCC(=O)N3CCCC3)CC[C@@](C)(O)C[C@@H]12. The van der Waals surface area contributed by atoms with Crippen LogP contribution >= 0.6 is 0 Å². The fraction of sp³-hybridized carbons (Fsp3) is 0.720. The highest BCUT2D eigenvalue weighted by molar-refractivity contribution is 7.89. The van der Waals surface area contributed by atoms with Gasteiger partial charge in [0.15, 0.2) is 0 Å². The van der Waals surface area contributed by atoms with Gasteiger partial charge >= 0.3 is 0 Å². The Balaban J connectivity index is 1.63. The Morgan fingerprint density at radius 3 is 2.41 bits per heavy atom. The number of amides is 1. The van der Waals surface area contributed by atoms with E-state index in [0.717, 1.165) is 32.4 Å². The molecular weight excluding hydrogens is 424 g/mol. The molecule has 1 amide bonds. The molecule has 2 N–H and O–H groups in total. The van der Waals surface area contributed by atoms with Gasteiger partial charge in [0, 0.05) is 25.6 Å². The maximum Gasteiger partial charge on any atom is 0.240 e. The standard InChI is InChI=1S/C25H38N2O4S/c1-23(2)18-21(26-32(30,31)19-9-5-4-6-10-19)25(14-13-24(3,29)17-20(23)25)12-11-22(28)27-15-7-8-16-27/h4-6,9-10,20-21,26,29H,7-8,11-18H2,1-3H3/t20-,21-,24+,25+/m0/s1. The summed E-state index contributed by atoms with van der Waals surface area (Å²) in [7, 11) is -3.67. The van der Waals surface area contributed by atoms with Crippen molar-refractivity contribution in [2.45, 2.75) is 88.7 Å². The second kappa shape index (κ2) is 8.41. The Bertz CT molecular complexity index is 938. The summed E-state index contributed by atoms with van der Waals surface area (Å²) >= 11 is 0. The van der Waals surface area contributed by atoms with Gasteiger partial charge in [-0.15, -0.1) is 0 Å². The largest absolute Gasteiger partial charge is 0.390 e. The van der Waals surface area contributed by atoms with Crippen LogP contribution < -0.4 is 4.72 Å². The van der Waals surface area contributed by atoms with E-state index in [1.165, 1.54) is 0 Å². The smallest absolute Gasteiger partial charge is 0.240 e. The number of carbonyl (C=O) groups excluding carboxylic acids is 1. The fourth-order valence-electron chi connectivity index (χ4n) is 6.72. The number of nitrogens with one attached hydrogen (secondary N) is 1. The van der Waals surface area contributed by atoms with Crippen molar-refractivity contribution >= 4 is 15.9 Å². The minimum Gasteiger partial charge on any atom is -0.390 e. The molecule has 0 aromatic heterocycles. The van der Waals surface area contributed by atoms with E-state index < -0.39 is 15.6 Å². The number of hydrogen-bond donors (Lipinski definition) is 2. The maximum absolute atomic E-state index is 13.3. The second-order valence-corrected chi connectivity index (χ2v) is 13.0. The van der Waals surface area contributed by atoms with Crippen LogP contribution in [0, 0.1) is 16.7 Å². The zero-order valence-corrected chi connectivity index (χ0v) is 20.5. The van der Waals surface area contributed by atoms with E-state index in [0.29, 0.717) is 32.1 Å². The normalized spacial score (nSPS) is 34.4. The van der Waals surface area contributed by atoms with E-state index in [9.17, 15) is 18.3 Å². The van der Waals surface area contributed by atoms with E-state index in [-0.39, 0.29) is 33.6 Å². The molecule has 1 aromatic rings. The zero-order chi connectivity index (χ0) is 23.2. The molecule has 0 bridgehead atoms. The van der Waals surface area contributed by atoms with Gasteiger partial charge in [-0.05, 0) is 80.8 Å². The number of rotatable bonds is 6. The molecular formula is C25H38N2O4S. The Morgan fingerprint density at radius 2 is 1.75 bits per heavy atom. The number of likely N-dealkylation sites (tertiary alicyclic amines) is 1. The highest BCUT2D eigenvalue weighted by atomic mass is 32.2. The van der Waals surface area contributed by atoms with Crippen LogP contribution in [0.15, 0.2) is 35.2 Å². The van der Waals surface area contributed by atoms with Crippen molar-refractivity contribution < 1.29 is 18.3 Å². The summed E-state index contributed by atoms with van der Waals surface area (Å²) in [6.07, 6.45) is 5.93. The van der Waals surface area contributed by atoms with Crippen molar-refractivity contribution in [3.8, 4) is 0 Å². The fourth-order valence-corrected chi connectivity index (χ4v) is 8.06. The molecule has 2 aliphatic carbocycles. The van der Waals surface area contributed by atoms with Gasteiger partial charge in [-0.1, -0.05) is 32.0 Å². The van der Waals surface area contributed by atoms with Crippen LogP contribution in [0.4, 0.5) is 0 Å². The number of benzene rings is 1.